The number of aldehydes is 1. The molecule has 0 aliphatic rings. The minimum Gasteiger partial charge on any atom is -0.481 e. The molecule has 0 bridgehead atoms. The summed E-state index contributed by atoms with van der Waals surface area (Å²) in [7, 11) is 1.54. The van der Waals surface area contributed by atoms with E-state index >= 15 is 0 Å². The average Bonchev–Trinajstić information content (AvgIpc) is 2.39. The Morgan fingerprint density at radius 3 is 2.50 bits per heavy atom. The van der Waals surface area contributed by atoms with Gasteiger partial charge in [-0.25, -0.2) is 4.98 Å². The highest BCUT2D eigenvalue weighted by molar-refractivity contribution is 5.76. The zero-order chi connectivity index (χ0) is 11.4. The smallest absolute Gasteiger partial charge is 0.221 e. The molecule has 80 valence electrons. The lowest BCUT2D eigenvalue weighted by molar-refractivity contribution is 0.111. The first kappa shape index (κ1) is 10.4. The monoisotopic (exact) mass is 213 g/mol. The first-order valence-corrected chi connectivity index (χ1v) is 4.91. The fourth-order valence-electron chi connectivity index (χ4n) is 1.51. The number of pyridine rings is 1. The van der Waals surface area contributed by atoms with Crippen LogP contribution >= 0.6 is 0 Å². The summed E-state index contributed by atoms with van der Waals surface area (Å²) in [5, 5.41) is 0. The maximum absolute atomic E-state index is 10.6. The van der Waals surface area contributed by atoms with Crippen LogP contribution in [0, 0.1) is 0 Å². The molecular weight excluding hydrogens is 202 g/mol. The third kappa shape index (κ3) is 1.93. The molecule has 1 heterocycles. The molecule has 3 heteroatoms. The Kier molecular flexibility index (Phi) is 2.96. The van der Waals surface area contributed by atoms with Crippen molar-refractivity contribution in [1.29, 1.82) is 0 Å². The Bertz CT molecular complexity index is 495. The summed E-state index contributed by atoms with van der Waals surface area (Å²) in [4.78, 5) is 14.7. The first-order chi connectivity index (χ1) is 7.85. The molecule has 0 spiro atoms. The van der Waals surface area contributed by atoms with E-state index in [9.17, 15) is 4.79 Å². The highest BCUT2D eigenvalue weighted by Gasteiger charge is 2.07. The largest absolute Gasteiger partial charge is 0.481 e. The van der Waals surface area contributed by atoms with E-state index in [0.29, 0.717) is 17.9 Å². The zero-order valence-corrected chi connectivity index (χ0v) is 8.88. The molecule has 0 aliphatic carbocycles. The van der Waals surface area contributed by atoms with Gasteiger partial charge in [-0.1, -0.05) is 30.3 Å². The molecule has 0 radical (unpaired) electrons. The van der Waals surface area contributed by atoms with Gasteiger partial charge in [-0.3, -0.25) is 4.79 Å². The molecule has 3 nitrogen and oxygen atoms in total. The predicted octanol–water partition coefficient (Wildman–Crippen LogP) is 2.57. The molecule has 2 rings (SSSR count). The molecule has 0 saturated carbocycles. The van der Waals surface area contributed by atoms with Crippen LogP contribution in [0.15, 0.2) is 42.5 Å². The average molecular weight is 213 g/mol. The van der Waals surface area contributed by atoms with Crippen molar-refractivity contribution in [1.82, 2.24) is 4.98 Å². The fraction of sp³-hybridized carbons (Fsp3) is 0.0769. The lowest BCUT2D eigenvalue weighted by Gasteiger charge is -2.07. The lowest BCUT2D eigenvalue weighted by Crippen LogP contribution is -1.95. The van der Waals surface area contributed by atoms with E-state index in [0.717, 1.165) is 11.1 Å². The third-order valence-electron chi connectivity index (χ3n) is 2.28. The van der Waals surface area contributed by atoms with Gasteiger partial charge in [-0.05, 0) is 17.7 Å². The molecule has 1 aromatic carbocycles. The number of aromatic nitrogens is 1. The van der Waals surface area contributed by atoms with Crippen molar-refractivity contribution in [2.75, 3.05) is 7.11 Å². The molecule has 0 amide bonds. The Balaban J connectivity index is 2.53. The van der Waals surface area contributed by atoms with Crippen molar-refractivity contribution in [3.8, 4) is 17.0 Å². The Morgan fingerprint density at radius 2 is 1.88 bits per heavy atom. The van der Waals surface area contributed by atoms with Crippen molar-refractivity contribution in [3.63, 3.8) is 0 Å². The number of ether oxygens (including phenoxy) is 1. The summed E-state index contributed by atoms with van der Waals surface area (Å²) in [6.45, 7) is 0. The Labute approximate surface area is 93.7 Å². The number of hydrogen-bond donors (Lipinski definition) is 0. The van der Waals surface area contributed by atoms with E-state index in [1.54, 1.807) is 13.2 Å². The second-order valence-corrected chi connectivity index (χ2v) is 3.28. The van der Waals surface area contributed by atoms with Gasteiger partial charge in [0.2, 0.25) is 5.88 Å². The van der Waals surface area contributed by atoms with Gasteiger partial charge >= 0.3 is 0 Å². The zero-order valence-electron chi connectivity index (χ0n) is 8.88. The van der Waals surface area contributed by atoms with Crippen LogP contribution < -0.4 is 4.74 Å². The van der Waals surface area contributed by atoms with Crippen molar-refractivity contribution < 1.29 is 9.53 Å². The van der Waals surface area contributed by atoms with Crippen LogP contribution in [0.5, 0.6) is 5.88 Å². The van der Waals surface area contributed by atoms with Crippen LogP contribution in [0.3, 0.4) is 0 Å². The van der Waals surface area contributed by atoms with Crippen LogP contribution in [-0.4, -0.2) is 18.4 Å². The number of methoxy groups -OCH3 is 1. The van der Waals surface area contributed by atoms with Crippen LogP contribution in [0.25, 0.3) is 11.1 Å². The highest BCUT2D eigenvalue weighted by Crippen LogP contribution is 2.27. The van der Waals surface area contributed by atoms with Crippen LogP contribution in [-0.2, 0) is 0 Å². The van der Waals surface area contributed by atoms with Gasteiger partial charge in [-0.2, -0.15) is 0 Å². The summed E-state index contributed by atoms with van der Waals surface area (Å²) in [5.41, 5.74) is 2.27. The van der Waals surface area contributed by atoms with E-state index in [1.165, 1.54) is 0 Å². The highest BCUT2D eigenvalue weighted by atomic mass is 16.5. The number of rotatable bonds is 3. The number of carbonyl (C=O) groups excluding carboxylic acids is 1. The molecule has 0 saturated heterocycles. The van der Waals surface area contributed by atoms with Gasteiger partial charge in [0.1, 0.15) is 5.69 Å². The van der Waals surface area contributed by atoms with Gasteiger partial charge in [0, 0.05) is 5.56 Å². The van der Waals surface area contributed by atoms with E-state index < -0.39 is 0 Å². The summed E-state index contributed by atoms with van der Waals surface area (Å²) in [5.74, 6) is 0.468. The lowest BCUT2D eigenvalue weighted by atomic mass is 10.1. The number of benzene rings is 1. The van der Waals surface area contributed by atoms with Crippen molar-refractivity contribution in [3.05, 3.63) is 48.2 Å². The summed E-state index contributed by atoms with van der Waals surface area (Å²) in [6.07, 6.45) is 0.706. The topological polar surface area (TPSA) is 39.2 Å². The van der Waals surface area contributed by atoms with Crippen molar-refractivity contribution in [2.45, 2.75) is 0 Å². The molecule has 0 fully saturated rings. The van der Waals surface area contributed by atoms with Crippen molar-refractivity contribution in [2.24, 2.45) is 0 Å². The predicted molar refractivity (Wildman–Crippen MR) is 61.6 cm³/mol. The van der Waals surface area contributed by atoms with Gasteiger partial charge in [-0.15, -0.1) is 0 Å². The van der Waals surface area contributed by atoms with Crippen LogP contribution in [0.1, 0.15) is 10.5 Å². The van der Waals surface area contributed by atoms with Crippen LogP contribution in [0.2, 0.25) is 0 Å². The molecule has 2 aromatic rings. The fourth-order valence-corrected chi connectivity index (χ4v) is 1.51. The Morgan fingerprint density at radius 1 is 1.12 bits per heavy atom. The maximum atomic E-state index is 10.6. The number of hydrogen-bond acceptors (Lipinski definition) is 3. The number of carbonyl (C=O) groups is 1. The Hall–Kier alpha value is -2.16. The van der Waals surface area contributed by atoms with Gasteiger partial charge in [0.05, 0.1) is 7.11 Å². The summed E-state index contributed by atoms with van der Waals surface area (Å²) >= 11 is 0. The van der Waals surface area contributed by atoms with E-state index in [2.05, 4.69) is 4.98 Å². The molecule has 0 N–H and O–H groups in total. The minimum atomic E-state index is 0.372. The van der Waals surface area contributed by atoms with E-state index in [-0.39, 0.29) is 0 Å². The quantitative estimate of drug-likeness (QED) is 0.735. The van der Waals surface area contributed by atoms with E-state index in [4.69, 9.17) is 4.74 Å². The van der Waals surface area contributed by atoms with Gasteiger partial charge < -0.3 is 4.74 Å². The summed E-state index contributed by atoms with van der Waals surface area (Å²) in [6, 6.07) is 13.3. The van der Waals surface area contributed by atoms with E-state index in [1.807, 2.05) is 36.4 Å². The van der Waals surface area contributed by atoms with Crippen molar-refractivity contribution >= 4 is 6.29 Å². The summed E-state index contributed by atoms with van der Waals surface area (Å²) < 4.78 is 5.17. The first-order valence-electron chi connectivity index (χ1n) is 4.91. The molecule has 16 heavy (non-hydrogen) atoms. The number of nitrogens with zero attached hydrogens (tertiary/aromatic N) is 1. The van der Waals surface area contributed by atoms with Gasteiger partial charge in [0.15, 0.2) is 6.29 Å². The SMILES string of the molecule is COc1nc(C=O)ccc1-c1ccccc1. The molecule has 0 aliphatic heterocycles. The normalized spacial score (nSPS) is 9.81. The van der Waals surface area contributed by atoms with Gasteiger partial charge in [0.25, 0.3) is 0 Å². The molecule has 1 aromatic heterocycles. The standard InChI is InChI=1S/C13H11NO2/c1-16-13-12(8-7-11(9-15)14-13)10-5-3-2-4-6-10/h2-9H,1H3. The maximum Gasteiger partial charge on any atom is 0.221 e. The molecule has 0 atom stereocenters. The second kappa shape index (κ2) is 4.57. The van der Waals surface area contributed by atoms with Crippen LogP contribution in [0.4, 0.5) is 0 Å². The minimum absolute atomic E-state index is 0.372. The second-order valence-electron chi connectivity index (χ2n) is 3.28. The third-order valence-corrected chi connectivity index (χ3v) is 2.28. The molecular formula is C13H11NO2. The molecule has 0 unspecified atom stereocenters.